The van der Waals surface area contributed by atoms with Crippen molar-refractivity contribution in [1.82, 2.24) is 0 Å². The minimum atomic E-state index is -1.58. The summed E-state index contributed by atoms with van der Waals surface area (Å²) in [5.74, 6) is -2.78. The third-order valence-electron chi connectivity index (χ3n) is 10.9. The first-order valence-corrected chi connectivity index (χ1v) is 17.6. The molecule has 0 unspecified atom stereocenters. The molecule has 2 bridgehead atoms. The zero-order valence-electron chi connectivity index (χ0n) is 29.7. The molecule has 0 radical (unpaired) electrons. The van der Waals surface area contributed by atoms with E-state index in [-0.39, 0.29) is 23.1 Å². The van der Waals surface area contributed by atoms with Gasteiger partial charge in [-0.1, -0.05) is 91.0 Å². The molecular formula is C45H37NO7. The number of carbonyl (C=O) groups is 4. The second-order valence-electron chi connectivity index (χ2n) is 13.9. The van der Waals surface area contributed by atoms with Gasteiger partial charge in [0.15, 0.2) is 5.78 Å². The maximum absolute atomic E-state index is 16.1. The molecule has 8 nitrogen and oxygen atoms in total. The summed E-state index contributed by atoms with van der Waals surface area (Å²) in [5, 5.41) is 0. The average molecular weight is 704 g/mol. The van der Waals surface area contributed by atoms with E-state index in [2.05, 4.69) is 0 Å². The Morgan fingerprint density at radius 3 is 1.47 bits per heavy atom. The molecule has 2 amide bonds. The van der Waals surface area contributed by atoms with Crippen LogP contribution in [0, 0.1) is 11.8 Å². The Morgan fingerprint density at radius 1 is 0.604 bits per heavy atom. The second-order valence-corrected chi connectivity index (χ2v) is 13.9. The van der Waals surface area contributed by atoms with Gasteiger partial charge in [0.25, 0.3) is 0 Å². The summed E-state index contributed by atoms with van der Waals surface area (Å²) in [7, 11) is 3.18. The number of allylic oxidation sites excluding steroid dienone is 2. The number of ether oxygens (including phenoxy) is 3. The van der Waals surface area contributed by atoms with Gasteiger partial charge in [-0.25, -0.2) is 9.69 Å². The third kappa shape index (κ3) is 4.74. The van der Waals surface area contributed by atoms with Crippen molar-refractivity contribution < 1.29 is 33.4 Å². The largest absolute Gasteiger partial charge is 0.497 e. The van der Waals surface area contributed by atoms with Crippen LogP contribution in [0.4, 0.5) is 5.69 Å². The molecule has 1 aliphatic heterocycles. The average Bonchev–Trinajstić information content (AvgIpc) is 3.70. The number of hydrogen-bond acceptors (Lipinski definition) is 7. The normalized spacial score (nSPS) is 23.1. The van der Waals surface area contributed by atoms with Crippen LogP contribution >= 0.6 is 0 Å². The molecule has 5 aromatic carbocycles. The van der Waals surface area contributed by atoms with Gasteiger partial charge in [-0.15, -0.1) is 0 Å². The topological polar surface area (TPSA) is 99.2 Å². The van der Waals surface area contributed by atoms with Crippen molar-refractivity contribution in [2.24, 2.45) is 11.8 Å². The minimum Gasteiger partial charge on any atom is -0.497 e. The van der Waals surface area contributed by atoms with Crippen LogP contribution in [0.5, 0.6) is 11.5 Å². The van der Waals surface area contributed by atoms with Crippen LogP contribution in [0.15, 0.2) is 133 Å². The summed E-state index contributed by atoms with van der Waals surface area (Å²) < 4.78 is 16.5. The van der Waals surface area contributed by atoms with Crippen molar-refractivity contribution in [3.8, 4) is 11.5 Å². The maximum atomic E-state index is 16.1. The van der Waals surface area contributed by atoms with Gasteiger partial charge in [-0.2, -0.15) is 0 Å². The molecule has 8 rings (SSSR count). The van der Waals surface area contributed by atoms with E-state index in [9.17, 15) is 4.79 Å². The van der Waals surface area contributed by atoms with E-state index >= 15 is 14.4 Å². The number of fused-ring (bicyclic) bond motifs is 5. The lowest BCUT2D eigenvalue weighted by Crippen LogP contribution is -2.45. The maximum Gasteiger partial charge on any atom is 0.338 e. The van der Waals surface area contributed by atoms with Crippen molar-refractivity contribution >= 4 is 40.4 Å². The highest BCUT2D eigenvalue weighted by molar-refractivity contribution is 6.39. The number of nitrogens with zero attached hydrogens (tertiary/aromatic N) is 1. The summed E-state index contributed by atoms with van der Waals surface area (Å²) in [5.41, 5.74) is 1.27. The lowest BCUT2D eigenvalue weighted by Gasteiger charge is -2.39. The third-order valence-corrected chi connectivity index (χ3v) is 10.9. The van der Waals surface area contributed by atoms with Gasteiger partial charge < -0.3 is 14.2 Å². The zero-order valence-corrected chi connectivity index (χ0v) is 29.7. The molecule has 2 fully saturated rings. The van der Waals surface area contributed by atoms with Crippen molar-refractivity contribution in [2.75, 3.05) is 19.1 Å². The quantitative estimate of drug-likeness (QED) is 0.116. The molecule has 3 aliphatic rings. The van der Waals surface area contributed by atoms with Crippen molar-refractivity contribution in [3.63, 3.8) is 0 Å². The van der Waals surface area contributed by atoms with Gasteiger partial charge in [0.1, 0.15) is 11.5 Å². The zero-order chi connectivity index (χ0) is 37.1. The van der Waals surface area contributed by atoms with Crippen LogP contribution in [0.2, 0.25) is 0 Å². The lowest BCUT2D eigenvalue weighted by molar-refractivity contribution is -0.130. The number of methoxy groups -OCH3 is 2. The molecule has 1 heterocycles. The highest BCUT2D eigenvalue weighted by Gasteiger charge is 2.82. The Labute approximate surface area is 307 Å². The summed E-state index contributed by atoms with van der Waals surface area (Å²) >= 11 is 0. The van der Waals surface area contributed by atoms with Crippen molar-refractivity contribution in [2.45, 2.75) is 30.8 Å². The first kappa shape index (κ1) is 33.8. The molecule has 0 aromatic heterocycles. The van der Waals surface area contributed by atoms with Crippen LogP contribution in [0.25, 0.3) is 11.1 Å². The van der Waals surface area contributed by atoms with E-state index in [0.29, 0.717) is 33.8 Å². The van der Waals surface area contributed by atoms with Crippen LogP contribution in [0.3, 0.4) is 0 Å². The highest BCUT2D eigenvalue weighted by atomic mass is 16.5. The summed E-state index contributed by atoms with van der Waals surface area (Å²) in [6.07, 6.45) is -0.363. The Balaban J connectivity index is 1.47. The Hall–Kier alpha value is -6.28. The van der Waals surface area contributed by atoms with E-state index in [1.165, 1.54) is 11.0 Å². The summed E-state index contributed by atoms with van der Waals surface area (Å²) in [4.78, 5) is 61.0. The van der Waals surface area contributed by atoms with Crippen LogP contribution < -0.4 is 14.4 Å². The van der Waals surface area contributed by atoms with Crippen molar-refractivity contribution in [3.05, 3.63) is 161 Å². The molecule has 0 spiro atoms. The van der Waals surface area contributed by atoms with Gasteiger partial charge in [-0.3, -0.25) is 14.4 Å². The first-order chi connectivity index (χ1) is 25.7. The molecule has 8 heteroatoms. The van der Waals surface area contributed by atoms with Crippen LogP contribution in [-0.4, -0.2) is 43.9 Å². The van der Waals surface area contributed by atoms with Crippen LogP contribution in [-0.2, 0) is 30.0 Å². The van der Waals surface area contributed by atoms with E-state index in [0.717, 1.165) is 11.1 Å². The van der Waals surface area contributed by atoms with E-state index in [4.69, 9.17) is 14.2 Å². The van der Waals surface area contributed by atoms with E-state index < -0.39 is 40.4 Å². The number of ketones is 1. The number of esters is 1. The van der Waals surface area contributed by atoms with Crippen molar-refractivity contribution in [1.29, 1.82) is 0 Å². The standard InChI is InChI=1S/C45H37NO7/c1-27(2)53-42(49)30-12-11-17-33(26-30)46-40(47)38-39(41(46)48)45(32-15-9-6-10-16-32)37(29-20-24-35(52-4)25-21-29)36(28-18-22-34(51-3)23-19-28)44(38,43(45)50)31-13-7-5-8-14-31/h5-27,38-39H,1-4H3/t38-,39-,44-,45-/m1/s1. The number of Topliss-reactive ketones (excluding diaryl/α,β-unsaturated/α-hetero) is 1. The number of carbonyl (C=O) groups excluding carboxylic acids is 4. The second kappa shape index (κ2) is 12.7. The fourth-order valence-corrected chi connectivity index (χ4v) is 8.95. The molecule has 2 aliphatic carbocycles. The predicted octanol–water partition coefficient (Wildman–Crippen LogP) is 7.46. The SMILES string of the molecule is COc1ccc(C2=C(c3ccc(OC)cc3)[C@@]3(c4ccccc4)C(=O)[C@@]2(c2ccccc2)[C@H]2C(=O)N(c4cccc(C(=O)OC(C)C)c4)C(=O)[C@@H]23)cc1. The van der Waals surface area contributed by atoms with Gasteiger partial charge in [0.05, 0.1) is 54.2 Å². The Morgan fingerprint density at radius 2 is 1.06 bits per heavy atom. The van der Waals surface area contributed by atoms with Gasteiger partial charge >= 0.3 is 5.97 Å². The summed E-state index contributed by atoms with van der Waals surface area (Å²) in [6.45, 7) is 3.51. The molecule has 0 N–H and O–H groups in total. The van der Waals surface area contributed by atoms with Gasteiger partial charge in [0.2, 0.25) is 11.8 Å². The van der Waals surface area contributed by atoms with Gasteiger partial charge in [-0.05, 0) is 89.7 Å². The molecule has 5 aromatic rings. The molecule has 1 saturated heterocycles. The number of benzene rings is 5. The molecule has 264 valence electrons. The van der Waals surface area contributed by atoms with E-state index in [1.807, 2.05) is 109 Å². The number of hydrogen-bond donors (Lipinski definition) is 0. The Bertz CT molecular complexity index is 2170. The fourth-order valence-electron chi connectivity index (χ4n) is 8.95. The molecule has 1 saturated carbocycles. The van der Waals surface area contributed by atoms with E-state index in [1.54, 1.807) is 46.3 Å². The monoisotopic (exact) mass is 703 g/mol. The molecule has 4 atom stereocenters. The number of amides is 2. The number of imide groups is 1. The smallest absolute Gasteiger partial charge is 0.338 e. The predicted molar refractivity (Wildman–Crippen MR) is 201 cm³/mol. The Kier molecular flexibility index (Phi) is 8.13. The summed E-state index contributed by atoms with van der Waals surface area (Å²) in [6, 6.07) is 40.0. The van der Waals surface area contributed by atoms with Crippen LogP contribution in [0.1, 0.15) is 46.5 Å². The number of anilines is 1. The first-order valence-electron chi connectivity index (χ1n) is 17.6. The lowest BCUT2D eigenvalue weighted by atomic mass is 9.59. The minimum absolute atomic E-state index is 0.208. The molecule has 53 heavy (non-hydrogen) atoms. The van der Waals surface area contributed by atoms with Gasteiger partial charge in [0, 0.05) is 0 Å². The highest BCUT2D eigenvalue weighted by Crippen LogP contribution is 2.74. The fraction of sp³-hybridized carbons (Fsp3) is 0.200. The molecular weight excluding hydrogens is 666 g/mol. The number of rotatable bonds is 9.